The van der Waals surface area contributed by atoms with Crippen LogP contribution in [-0.4, -0.2) is 58.3 Å². The Balaban J connectivity index is 2.46. The summed E-state index contributed by atoms with van der Waals surface area (Å²) in [5.41, 5.74) is 0.573. The van der Waals surface area contributed by atoms with Crippen LogP contribution in [0.15, 0.2) is 22.7 Å². The lowest BCUT2D eigenvalue weighted by Gasteiger charge is -2.16. The summed E-state index contributed by atoms with van der Waals surface area (Å²) in [5.74, 6) is 0.548. The average molecular weight is 345 g/mol. The first-order chi connectivity index (χ1) is 9.58. The molecule has 20 heavy (non-hydrogen) atoms. The fourth-order valence-electron chi connectivity index (χ4n) is 1.62. The van der Waals surface area contributed by atoms with Crippen molar-refractivity contribution in [3.8, 4) is 5.75 Å². The van der Waals surface area contributed by atoms with E-state index < -0.39 is 0 Å². The maximum Gasteiger partial charge on any atom is 0.252 e. The number of ether oxygens (including phenoxy) is 2. The van der Waals surface area contributed by atoms with Crippen molar-refractivity contribution in [3.05, 3.63) is 28.2 Å². The maximum absolute atomic E-state index is 12.1. The second-order valence-corrected chi connectivity index (χ2v) is 5.25. The van der Waals surface area contributed by atoms with Crippen LogP contribution >= 0.6 is 15.9 Å². The summed E-state index contributed by atoms with van der Waals surface area (Å²) in [6.45, 7) is 2.89. The molecule has 0 bridgehead atoms. The van der Waals surface area contributed by atoms with Crippen molar-refractivity contribution < 1.29 is 14.3 Å². The van der Waals surface area contributed by atoms with Crippen molar-refractivity contribution in [1.82, 2.24) is 10.2 Å². The number of benzene rings is 1. The van der Waals surface area contributed by atoms with Crippen molar-refractivity contribution in [2.75, 3.05) is 47.5 Å². The average Bonchev–Trinajstić information content (AvgIpc) is 2.45. The van der Waals surface area contributed by atoms with E-state index in [0.29, 0.717) is 24.5 Å². The van der Waals surface area contributed by atoms with Crippen LogP contribution < -0.4 is 10.1 Å². The van der Waals surface area contributed by atoms with Crippen LogP contribution in [-0.2, 0) is 4.74 Å². The standard InChI is InChI=1S/C14H21BrN2O3/c1-17(8-9-19-2)7-6-16-14(18)12-10-11(20-3)4-5-13(12)15/h4-5,10H,6-9H2,1-3H3,(H,16,18). The summed E-state index contributed by atoms with van der Waals surface area (Å²) in [5, 5.41) is 2.89. The molecular weight excluding hydrogens is 324 g/mol. The molecule has 0 saturated carbocycles. The Morgan fingerprint density at radius 1 is 1.35 bits per heavy atom. The van der Waals surface area contributed by atoms with Crippen LogP contribution in [0.3, 0.4) is 0 Å². The number of hydrogen-bond acceptors (Lipinski definition) is 4. The molecule has 1 aromatic rings. The number of hydrogen-bond donors (Lipinski definition) is 1. The van der Waals surface area contributed by atoms with Crippen molar-refractivity contribution in [3.63, 3.8) is 0 Å². The molecule has 1 N–H and O–H groups in total. The Hall–Kier alpha value is -1.11. The first-order valence-corrected chi connectivity index (χ1v) is 7.17. The summed E-state index contributed by atoms with van der Waals surface area (Å²) in [6, 6.07) is 5.33. The van der Waals surface area contributed by atoms with Crippen LogP contribution in [0.5, 0.6) is 5.75 Å². The van der Waals surface area contributed by atoms with Crippen molar-refractivity contribution in [2.24, 2.45) is 0 Å². The molecule has 1 amide bonds. The number of amides is 1. The van der Waals surface area contributed by atoms with Crippen molar-refractivity contribution in [1.29, 1.82) is 0 Å². The van der Waals surface area contributed by atoms with Gasteiger partial charge in [0.2, 0.25) is 0 Å². The number of rotatable bonds is 8. The van der Waals surface area contributed by atoms with Gasteiger partial charge in [-0.25, -0.2) is 0 Å². The molecule has 0 saturated heterocycles. The SMILES string of the molecule is COCCN(C)CCNC(=O)c1cc(OC)ccc1Br. The highest BCUT2D eigenvalue weighted by atomic mass is 79.9. The molecule has 0 fully saturated rings. The molecule has 0 unspecified atom stereocenters. The predicted molar refractivity (Wildman–Crippen MR) is 82.4 cm³/mol. The lowest BCUT2D eigenvalue weighted by atomic mass is 10.2. The number of carbonyl (C=O) groups excluding carboxylic acids is 1. The highest BCUT2D eigenvalue weighted by Gasteiger charge is 2.11. The number of methoxy groups -OCH3 is 2. The lowest BCUT2D eigenvalue weighted by Crippen LogP contribution is -2.34. The Labute approximate surface area is 128 Å². The highest BCUT2D eigenvalue weighted by molar-refractivity contribution is 9.10. The molecule has 6 heteroatoms. The van der Waals surface area contributed by atoms with Crippen LogP contribution in [0.1, 0.15) is 10.4 Å². The number of carbonyl (C=O) groups is 1. The molecule has 5 nitrogen and oxygen atoms in total. The Bertz CT molecular complexity index is 440. The third-order valence-electron chi connectivity index (χ3n) is 2.87. The van der Waals surface area contributed by atoms with Gasteiger partial charge in [-0.2, -0.15) is 0 Å². The monoisotopic (exact) mass is 344 g/mol. The van der Waals surface area contributed by atoms with Crippen LogP contribution in [0.2, 0.25) is 0 Å². The molecular formula is C14H21BrN2O3. The summed E-state index contributed by atoms with van der Waals surface area (Å²) in [6.07, 6.45) is 0. The van der Waals surface area contributed by atoms with Gasteiger partial charge in [-0.3, -0.25) is 4.79 Å². The molecule has 1 rings (SSSR count). The van der Waals surface area contributed by atoms with Gasteiger partial charge in [0.1, 0.15) is 5.75 Å². The topological polar surface area (TPSA) is 50.8 Å². The summed E-state index contributed by atoms with van der Waals surface area (Å²) >= 11 is 3.37. The van der Waals surface area contributed by atoms with Gasteiger partial charge in [-0.1, -0.05) is 0 Å². The highest BCUT2D eigenvalue weighted by Crippen LogP contribution is 2.22. The van der Waals surface area contributed by atoms with Crippen LogP contribution in [0.4, 0.5) is 0 Å². The normalized spacial score (nSPS) is 10.7. The minimum Gasteiger partial charge on any atom is -0.497 e. The van der Waals surface area contributed by atoms with E-state index in [4.69, 9.17) is 9.47 Å². The van der Waals surface area contributed by atoms with E-state index in [1.165, 1.54) is 0 Å². The van der Waals surface area contributed by atoms with Gasteiger partial charge < -0.3 is 19.7 Å². The molecule has 0 spiro atoms. The molecule has 0 heterocycles. The van der Waals surface area contributed by atoms with Gasteiger partial charge in [-0.05, 0) is 41.2 Å². The van der Waals surface area contributed by atoms with Gasteiger partial charge in [-0.15, -0.1) is 0 Å². The van der Waals surface area contributed by atoms with Crippen molar-refractivity contribution in [2.45, 2.75) is 0 Å². The third kappa shape index (κ3) is 5.48. The zero-order valence-electron chi connectivity index (χ0n) is 12.1. The quantitative estimate of drug-likeness (QED) is 0.780. The van der Waals surface area contributed by atoms with E-state index in [2.05, 4.69) is 26.1 Å². The van der Waals surface area contributed by atoms with Gasteiger partial charge in [0.25, 0.3) is 5.91 Å². The Morgan fingerprint density at radius 3 is 2.75 bits per heavy atom. The number of halogens is 1. The summed E-state index contributed by atoms with van der Waals surface area (Å²) in [7, 11) is 5.25. The first kappa shape index (κ1) is 16.9. The zero-order valence-corrected chi connectivity index (χ0v) is 13.7. The molecule has 0 aliphatic rings. The molecule has 112 valence electrons. The van der Waals surface area contributed by atoms with E-state index in [-0.39, 0.29) is 5.91 Å². The van der Waals surface area contributed by atoms with E-state index >= 15 is 0 Å². The Morgan fingerprint density at radius 2 is 2.10 bits per heavy atom. The van der Waals surface area contributed by atoms with Crippen LogP contribution in [0, 0.1) is 0 Å². The van der Waals surface area contributed by atoms with Gasteiger partial charge >= 0.3 is 0 Å². The lowest BCUT2D eigenvalue weighted by molar-refractivity contribution is 0.0946. The second-order valence-electron chi connectivity index (χ2n) is 4.40. The zero-order chi connectivity index (χ0) is 15.0. The van der Waals surface area contributed by atoms with Crippen LogP contribution in [0.25, 0.3) is 0 Å². The molecule has 0 atom stereocenters. The molecule has 0 aromatic heterocycles. The minimum atomic E-state index is -0.115. The third-order valence-corrected chi connectivity index (χ3v) is 3.57. The van der Waals surface area contributed by atoms with Gasteiger partial charge in [0.05, 0.1) is 19.3 Å². The number of likely N-dealkylation sites (N-methyl/N-ethyl adjacent to an activating group) is 1. The fourth-order valence-corrected chi connectivity index (χ4v) is 2.05. The number of nitrogens with zero attached hydrogens (tertiary/aromatic N) is 1. The summed E-state index contributed by atoms with van der Waals surface area (Å²) in [4.78, 5) is 14.2. The first-order valence-electron chi connectivity index (χ1n) is 6.37. The van der Waals surface area contributed by atoms with E-state index in [0.717, 1.165) is 17.6 Å². The van der Waals surface area contributed by atoms with E-state index in [9.17, 15) is 4.79 Å². The maximum atomic E-state index is 12.1. The predicted octanol–water partition coefficient (Wildman–Crippen LogP) is 1.77. The summed E-state index contributed by atoms with van der Waals surface area (Å²) < 4.78 is 10.9. The molecule has 0 aliphatic heterocycles. The molecule has 1 aromatic carbocycles. The number of nitrogens with one attached hydrogen (secondary N) is 1. The van der Waals surface area contributed by atoms with Gasteiger partial charge in [0.15, 0.2) is 0 Å². The van der Waals surface area contributed by atoms with Gasteiger partial charge in [0, 0.05) is 31.2 Å². The Kier molecular flexibility index (Phi) is 7.58. The smallest absolute Gasteiger partial charge is 0.252 e. The molecule has 0 radical (unpaired) electrons. The van der Waals surface area contributed by atoms with E-state index in [1.54, 1.807) is 32.4 Å². The second kappa shape index (κ2) is 8.94. The minimum absolute atomic E-state index is 0.115. The fraction of sp³-hybridized carbons (Fsp3) is 0.500. The van der Waals surface area contributed by atoms with E-state index in [1.807, 2.05) is 7.05 Å². The largest absolute Gasteiger partial charge is 0.497 e. The van der Waals surface area contributed by atoms with Crippen molar-refractivity contribution >= 4 is 21.8 Å². The molecule has 0 aliphatic carbocycles.